The van der Waals surface area contributed by atoms with Crippen LogP contribution in [-0.2, 0) is 9.59 Å². The van der Waals surface area contributed by atoms with Crippen LogP contribution in [0.15, 0.2) is 48.0 Å². The molecule has 0 radical (unpaired) electrons. The summed E-state index contributed by atoms with van der Waals surface area (Å²) >= 11 is 0. The Morgan fingerprint density at radius 2 is 1.63 bits per heavy atom. The monoisotopic (exact) mass is 407 g/mol. The first-order chi connectivity index (χ1) is 14.1. The molecule has 4 amide bonds. The van der Waals surface area contributed by atoms with Gasteiger partial charge in [-0.1, -0.05) is 11.6 Å². The second-order valence-corrected chi connectivity index (χ2v) is 7.15. The standard InChI is InChI=1S/C22H21N3O5/c1-13-5-10-18(23(2)3)15(11-13)12-17-19(26)24(4)22(30)25(20(17)27)16-8-6-14(7-9-16)21(28)29/h5-12H,1-4H3,(H,28,29). The molecule has 1 saturated heterocycles. The van der Waals surface area contributed by atoms with Gasteiger partial charge in [0.1, 0.15) is 5.57 Å². The van der Waals surface area contributed by atoms with Gasteiger partial charge in [-0.25, -0.2) is 14.5 Å². The number of hydrogen-bond acceptors (Lipinski definition) is 5. The van der Waals surface area contributed by atoms with Gasteiger partial charge in [0.15, 0.2) is 0 Å². The van der Waals surface area contributed by atoms with Crippen molar-refractivity contribution < 1.29 is 24.3 Å². The Hall–Kier alpha value is -3.94. The molecule has 2 aromatic carbocycles. The van der Waals surface area contributed by atoms with Gasteiger partial charge in [-0.3, -0.25) is 14.5 Å². The van der Waals surface area contributed by atoms with Gasteiger partial charge in [-0.15, -0.1) is 0 Å². The maximum Gasteiger partial charge on any atom is 0.338 e. The number of barbiturate groups is 1. The van der Waals surface area contributed by atoms with Gasteiger partial charge in [-0.05, 0) is 55.0 Å². The molecule has 30 heavy (non-hydrogen) atoms. The lowest BCUT2D eigenvalue weighted by Crippen LogP contribution is -2.55. The highest BCUT2D eigenvalue weighted by molar-refractivity contribution is 6.39. The highest BCUT2D eigenvalue weighted by Gasteiger charge is 2.41. The fourth-order valence-corrected chi connectivity index (χ4v) is 3.17. The largest absolute Gasteiger partial charge is 0.478 e. The molecule has 8 heteroatoms. The Morgan fingerprint density at radius 1 is 1.00 bits per heavy atom. The molecular formula is C22H21N3O5. The summed E-state index contributed by atoms with van der Waals surface area (Å²) in [5, 5.41) is 9.05. The SMILES string of the molecule is Cc1ccc(N(C)C)c(C=C2C(=O)N(C)C(=O)N(c3ccc(C(=O)O)cc3)C2=O)c1. The van der Waals surface area contributed by atoms with Crippen LogP contribution in [0, 0.1) is 6.92 Å². The molecule has 8 nitrogen and oxygen atoms in total. The van der Waals surface area contributed by atoms with Crippen molar-refractivity contribution in [2.24, 2.45) is 0 Å². The topological polar surface area (TPSA) is 98.2 Å². The number of nitrogens with zero attached hydrogens (tertiary/aromatic N) is 3. The average molecular weight is 407 g/mol. The number of anilines is 2. The molecule has 1 aliphatic heterocycles. The third-order valence-electron chi connectivity index (χ3n) is 4.78. The van der Waals surface area contributed by atoms with Gasteiger partial charge >= 0.3 is 12.0 Å². The Morgan fingerprint density at radius 3 is 2.20 bits per heavy atom. The van der Waals surface area contributed by atoms with Gasteiger partial charge in [-0.2, -0.15) is 0 Å². The lowest BCUT2D eigenvalue weighted by atomic mass is 10.0. The van der Waals surface area contributed by atoms with Crippen LogP contribution >= 0.6 is 0 Å². The molecule has 0 bridgehead atoms. The number of likely N-dealkylation sites (N-methyl/N-ethyl adjacent to an activating group) is 1. The van der Waals surface area contributed by atoms with Gasteiger partial charge in [0.25, 0.3) is 11.8 Å². The van der Waals surface area contributed by atoms with Crippen LogP contribution in [-0.4, -0.2) is 55.0 Å². The molecule has 0 saturated carbocycles. The maximum atomic E-state index is 13.1. The fraction of sp³-hybridized carbons (Fsp3) is 0.182. The number of aryl methyl sites for hydroxylation is 1. The van der Waals surface area contributed by atoms with Crippen molar-refractivity contribution in [1.29, 1.82) is 0 Å². The predicted octanol–water partition coefficient (Wildman–Crippen LogP) is 2.77. The van der Waals surface area contributed by atoms with E-state index in [-0.39, 0.29) is 16.8 Å². The second kappa shape index (κ2) is 7.82. The molecule has 2 aromatic rings. The van der Waals surface area contributed by atoms with Crippen molar-refractivity contribution in [3.8, 4) is 0 Å². The molecule has 154 valence electrons. The Labute approximate surface area is 173 Å². The number of carbonyl (C=O) groups excluding carboxylic acids is 3. The van der Waals surface area contributed by atoms with E-state index >= 15 is 0 Å². The van der Waals surface area contributed by atoms with Crippen LogP contribution in [0.4, 0.5) is 16.2 Å². The first-order valence-electron chi connectivity index (χ1n) is 9.11. The second-order valence-electron chi connectivity index (χ2n) is 7.15. The molecule has 1 heterocycles. The summed E-state index contributed by atoms with van der Waals surface area (Å²) in [7, 11) is 5.00. The highest BCUT2D eigenvalue weighted by Crippen LogP contribution is 2.28. The van der Waals surface area contributed by atoms with Crippen LogP contribution in [0.1, 0.15) is 21.5 Å². The number of imide groups is 2. The van der Waals surface area contributed by atoms with Crippen molar-refractivity contribution in [2.45, 2.75) is 6.92 Å². The van der Waals surface area contributed by atoms with E-state index < -0.39 is 23.8 Å². The molecule has 0 aliphatic carbocycles. The number of aromatic carboxylic acids is 1. The van der Waals surface area contributed by atoms with E-state index in [1.807, 2.05) is 44.1 Å². The van der Waals surface area contributed by atoms with Gasteiger partial charge in [0.2, 0.25) is 0 Å². The number of carboxylic acid groups (broad SMARTS) is 1. The maximum absolute atomic E-state index is 13.1. The predicted molar refractivity (Wildman–Crippen MR) is 113 cm³/mol. The Bertz CT molecular complexity index is 1090. The lowest BCUT2D eigenvalue weighted by Gasteiger charge is -2.32. The number of amides is 4. The van der Waals surface area contributed by atoms with Gasteiger partial charge in [0.05, 0.1) is 11.3 Å². The summed E-state index contributed by atoms with van der Waals surface area (Å²) in [5.74, 6) is -2.59. The minimum absolute atomic E-state index is 0.0197. The normalized spacial score (nSPS) is 15.7. The zero-order valence-electron chi connectivity index (χ0n) is 17.0. The van der Waals surface area contributed by atoms with Crippen molar-refractivity contribution >= 4 is 41.3 Å². The summed E-state index contributed by atoms with van der Waals surface area (Å²) in [6.45, 7) is 1.90. The van der Waals surface area contributed by atoms with Crippen LogP contribution in [0.3, 0.4) is 0 Å². The van der Waals surface area contributed by atoms with E-state index in [4.69, 9.17) is 5.11 Å². The number of hydrogen-bond donors (Lipinski definition) is 1. The zero-order chi connectivity index (χ0) is 22.2. The molecule has 0 unspecified atom stereocenters. The third-order valence-corrected chi connectivity index (χ3v) is 4.78. The number of carbonyl (C=O) groups is 4. The molecular weight excluding hydrogens is 386 g/mol. The molecule has 1 aliphatic rings. The van der Waals surface area contributed by atoms with E-state index in [9.17, 15) is 19.2 Å². The van der Waals surface area contributed by atoms with Crippen molar-refractivity contribution in [3.63, 3.8) is 0 Å². The van der Waals surface area contributed by atoms with Crippen molar-refractivity contribution in [2.75, 3.05) is 30.9 Å². The molecule has 3 rings (SSSR count). The van der Waals surface area contributed by atoms with Crippen molar-refractivity contribution in [1.82, 2.24) is 4.90 Å². The Balaban J connectivity index is 2.10. The minimum Gasteiger partial charge on any atom is -0.478 e. The van der Waals surface area contributed by atoms with Gasteiger partial charge < -0.3 is 10.0 Å². The molecule has 1 fully saturated rings. The lowest BCUT2D eigenvalue weighted by molar-refractivity contribution is -0.128. The first-order valence-corrected chi connectivity index (χ1v) is 9.11. The summed E-state index contributed by atoms with van der Waals surface area (Å²) in [5.41, 5.74) is 2.47. The summed E-state index contributed by atoms with van der Waals surface area (Å²) in [6.07, 6.45) is 1.48. The highest BCUT2D eigenvalue weighted by atomic mass is 16.4. The van der Waals surface area contributed by atoms with E-state index in [1.165, 1.54) is 37.4 Å². The Kier molecular flexibility index (Phi) is 5.42. The fourth-order valence-electron chi connectivity index (χ4n) is 3.17. The van der Waals surface area contributed by atoms with E-state index in [2.05, 4.69) is 0 Å². The van der Waals surface area contributed by atoms with Crippen LogP contribution in [0.25, 0.3) is 6.08 Å². The summed E-state index contributed by atoms with van der Waals surface area (Å²) in [6, 6.07) is 10.2. The van der Waals surface area contributed by atoms with E-state index in [0.717, 1.165) is 21.1 Å². The summed E-state index contributed by atoms with van der Waals surface area (Å²) < 4.78 is 0. The van der Waals surface area contributed by atoms with Crippen LogP contribution in [0.2, 0.25) is 0 Å². The quantitative estimate of drug-likeness (QED) is 0.618. The molecule has 0 spiro atoms. The number of rotatable bonds is 4. The van der Waals surface area contributed by atoms with E-state index in [0.29, 0.717) is 5.56 Å². The average Bonchev–Trinajstić information content (AvgIpc) is 2.70. The molecule has 0 aromatic heterocycles. The molecule has 0 atom stereocenters. The van der Waals surface area contributed by atoms with Crippen LogP contribution in [0.5, 0.6) is 0 Å². The van der Waals surface area contributed by atoms with Gasteiger partial charge in [0, 0.05) is 26.8 Å². The zero-order valence-corrected chi connectivity index (χ0v) is 17.0. The third kappa shape index (κ3) is 3.67. The first kappa shape index (κ1) is 20.8. The molecule has 1 N–H and O–H groups in total. The number of benzene rings is 2. The number of urea groups is 1. The summed E-state index contributed by atoms with van der Waals surface area (Å²) in [4.78, 5) is 53.2. The van der Waals surface area contributed by atoms with E-state index in [1.54, 1.807) is 0 Å². The smallest absolute Gasteiger partial charge is 0.338 e. The van der Waals surface area contributed by atoms with Crippen molar-refractivity contribution in [3.05, 3.63) is 64.7 Å². The number of carboxylic acids is 1. The minimum atomic E-state index is -1.12. The van der Waals surface area contributed by atoms with Crippen LogP contribution < -0.4 is 9.80 Å².